The zero-order valence-corrected chi connectivity index (χ0v) is 17.8. The lowest BCUT2D eigenvalue weighted by Gasteiger charge is -2.42. The van der Waals surface area contributed by atoms with E-state index in [4.69, 9.17) is 0 Å². The highest BCUT2D eigenvalue weighted by Gasteiger charge is 2.31. The van der Waals surface area contributed by atoms with Gasteiger partial charge in [0.1, 0.15) is 6.54 Å². The van der Waals surface area contributed by atoms with Crippen LogP contribution in [-0.4, -0.2) is 24.1 Å². The Hall–Kier alpha value is -0.820. The van der Waals surface area contributed by atoms with Crippen LogP contribution in [0.3, 0.4) is 0 Å². The van der Waals surface area contributed by atoms with Gasteiger partial charge in [-0.05, 0) is 31.2 Å². The SMILES string of the molecule is CCCCCCCC[N+]1(CCCCCCCC)CCc2ccccc2C1. The molecule has 0 saturated heterocycles. The fourth-order valence-electron chi connectivity index (χ4n) is 4.70. The Balaban J connectivity index is 1.83. The third kappa shape index (κ3) is 7.43. The molecule has 0 aliphatic carbocycles. The van der Waals surface area contributed by atoms with E-state index in [0.717, 1.165) is 0 Å². The van der Waals surface area contributed by atoms with Gasteiger partial charge in [-0.15, -0.1) is 0 Å². The van der Waals surface area contributed by atoms with Crippen molar-refractivity contribution in [1.29, 1.82) is 0 Å². The van der Waals surface area contributed by atoms with Crippen LogP contribution in [-0.2, 0) is 13.0 Å². The summed E-state index contributed by atoms with van der Waals surface area (Å²) in [7, 11) is 0. The smallest absolute Gasteiger partial charge is 0.105 e. The summed E-state index contributed by atoms with van der Waals surface area (Å²) in [6.07, 6.45) is 18.4. The molecule has 0 unspecified atom stereocenters. The number of unbranched alkanes of at least 4 members (excludes halogenated alkanes) is 10. The maximum Gasteiger partial charge on any atom is 0.105 e. The van der Waals surface area contributed by atoms with Crippen molar-refractivity contribution in [1.82, 2.24) is 0 Å². The van der Waals surface area contributed by atoms with Crippen LogP contribution in [0.25, 0.3) is 0 Å². The number of nitrogens with zero attached hydrogens (tertiary/aromatic N) is 1. The Morgan fingerprint density at radius 2 is 1.15 bits per heavy atom. The maximum atomic E-state index is 2.39. The first-order chi connectivity index (χ1) is 12.8. The van der Waals surface area contributed by atoms with Crippen LogP contribution in [0.1, 0.15) is 102 Å². The van der Waals surface area contributed by atoms with Crippen LogP contribution in [0, 0.1) is 0 Å². The highest BCUT2D eigenvalue weighted by molar-refractivity contribution is 5.27. The van der Waals surface area contributed by atoms with E-state index in [1.54, 1.807) is 11.1 Å². The van der Waals surface area contributed by atoms with E-state index in [9.17, 15) is 0 Å². The third-order valence-corrected chi connectivity index (χ3v) is 6.45. The quantitative estimate of drug-likeness (QED) is 0.242. The molecule has 0 saturated carbocycles. The number of hydrogen-bond donors (Lipinski definition) is 0. The minimum Gasteiger partial charge on any atom is -0.320 e. The number of hydrogen-bond acceptors (Lipinski definition) is 0. The summed E-state index contributed by atoms with van der Waals surface area (Å²) >= 11 is 0. The summed E-state index contributed by atoms with van der Waals surface area (Å²) in [6.45, 7) is 10.1. The molecule has 0 spiro atoms. The Kier molecular flexibility index (Phi) is 10.4. The Bertz CT molecular complexity index is 463. The number of quaternary nitrogens is 1. The Morgan fingerprint density at radius 3 is 1.73 bits per heavy atom. The van der Waals surface area contributed by atoms with E-state index >= 15 is 0 Å². The minimum absolute atomic E-state index is 1.29. The van der Waals surface area contributed by atoms with Gasteiger partial charge in [0.2, 0.25) is 0 Å². The summed E-state index contributed by atoms with van der Waals surface area (Å²) in [4.78, 5) is 0. The molecule has 1 aliphatic rings. The zero-order chi connectivity index (χ0) is 18.5. The highest BCUT2D eigenvalue weighted by Crippen LogP contribution is 2.27. The standard InChI is InChI=1S/C25H44N/c1-3-5-7-9-11-15-20-26(21-16-12-10-8-6-4-2)22-19-24-17-13-14-18-25(24)23-26/h13-14,17-18H,3-12,15-16,19-23H2,1-2H3/q+1. The first kappa shape index (κ1) is 21.5. The zero-order valence-electron chi connectivity index (χ0n) is 17.8. The second-order valence-corrected chi connectivity index (χ2v) is 8.72. The van der Waals surface area contributed by atoms with Gasteiger partial charge in [-0.1, -0.05) is 89.5 Å². The van der Waals surface area contributed by atoms with Crippen LogP contribution in [0.2, 0.25) is 0 Å². The van der Waals surface area contributed by atoms with Crippen molar-refractivity contribution >= 4 is 0 Å². The molecule has 1 aromatic rings. The lowest BCUT2D eigenvalue weighted by Crippen LogP contribution is -2.52. The van der Waals surface area contributed by atoms with Gasteiger partial charge >= 0.3 is 0 Å². The number of benzene rings is 1. The van der Waals surface area contributed by atoms with Crippen molar-refractivity contribution < 1.29 is 4.48 Å². The molecule has 0 atom stereocenters. The van der Waals surface area contributed by atoms with Crippen LogP contribution in [0.4, 0.5) is 0 Å². The predicted molar refractivity (Wildman–Crippen MR) is 115 cm³/mol. The second kappa shape index (κ2) is 12.5. The van der Waals surface area contributed by atoms with E-state index in [1.165, 1.54) is 114 Å². The van der Waals surface area contributed by atoms with Crippen molar-refractivity contribution in [2.24, 2.45) is 0 Å². The van der Waals surface area contributed by atoms with Gasteiger partial charge in [0.05, 0.1) is 19.6 Å². The van der Waals surface area contributed by atoms with Gasteiger partial charge in [0.25, 0.3) is 0 Å². The molecule has 1 heterocycles. The van der Waals surface area contributed by atoms with Crippen LogP contribution in [0.5, 0.6) is 0 Å². The Labute approximate surface area is 163 Å². The molecule has 1 aliphatic heterocycles. The summed E-state index contributed by atoms with van der Waals surface area (Å²) in [6, 6.07) is 9.22. The van der Waals surface area contributed by atoms with Gasteiger partial charge in [-0.3, -0.25) is 0 Å². The van der Waals surface area contributed by atoms with Crippen molar-refractivity contribution in [3.63, 3.8) is 0 Å². The molecule has 0 N–H and O–H groups in total. The summed E-state index contributed by atoms with van der Waals surface area (Å²) < 4.78 is 1.37. The molecule has 26 heavy (non-hydrogen) atoms. The van der Waals surface area contributed by atoms with E-state index < -0.39 is 0 Å². The molecular formula is C25H44N+. The van der Waals surface area contributed by atoms with Gasteiger partial charge < -0.3 is 4.48 Å². The normalized spacial score (nSPS) is 15.8. The topological polar surface area (TPSA) is 0 Å². The van der Waals surface area contributed by atoms with Crippen LogP contribution >= 0.6 is 0 Å². The van der Waals surface area contributed by atoms with Gasteiger partial charge in [-0.2, -0.15) is 0 Å². The number of fused-ring (bicyclic) bond motifs is 1. The third-order valence-electron chi connectivity index (χ3n) is 6.45. The van der Waals surface area contributed by atoms with Crippen molar-refractivity contribution in [2.45, 2.75) is 104 Å². The second-order valence-electron chi connectivity index (χ2n) is 8.72. The molecule has 0 aromatic heterocycles. The molecule has 1 heteroatoms. The van der Waals surface area contributed by atoms with Crippen molar-refractivity contribution in [3.05, 3.63) is 35.4 Å². The van der Waals surface area contributed by atoms with Crippen molar-refractivity contribution in [2.75, 3.05) is 19.6 Å². The summed E-state index contributed by atoms with van der Waals surface area (Å²) in [5.74, 6) is 0. The molecule has 1 aromatic carbocycles. The van der Waals surface area contributed by atoms with E-state index in [-0.39, 0.29) is 0 Å². The summed E-state index contributed by atoms with van der Waals surface area (Å²) in [5.41, 5.74) is 3.25. The first-order valence-corrected chi connectivity index (χ1v) is 11.7. The molecule has 148 valence electrons. The Morgan fingerprint density at radius 1 is 0.654 bits per heavy atom. The van der Waals surface area contributed by atoms with Crippen LogP contribution in [0.15, 0.2) is 24.3 Å². The average molecular weight is 359 g/mol. The molecule has 0 amide bonds. The number of rotatable bonds is 14. The lowest BCUT2D eigenvalue weighted by atomic mass is 9.96. The van der Waals surface area contributed by atoms with E-state index in [1.807, 2.05) is 0 Å². The largest absolute Gasteiger partial charge is 0.320 e. The van der Waals surface area contributed by atoms with E-state index in [0.29, 0.717) is 0 Å². The molecule has 2 rings (SSSR count). The maximum absolute atomic E-state index is 2.39. The van der Waals surface area contributed by atoms with Gasteiger partial charge in [-0.25, -0.2) is 0 Å². The lowest BCUT2D eigenvalue weighted by molar-refractivity contribution is -0.943. The van der Waals surface area contributed by atoms with E-state index in [2.05, 4.69) is 38.1 Å². The molecule has 0 radical (unpaired) electrons. The molecule has 0 bridgehead atoms. The average Bonchev–Trinajstić information content (AvgIpc) is 2.67. The summed E-state index contributed by atoms with van der Waals surface area (Å²) in [5, 5.41) is 0. The molecule has 0 fully saturated rings. The van der Waals surface area contributed by atoms with Crippen LogP contribution < -0.4 is 0 Å². The molecular weight excluding hydrogens is 314 g/mol. The predicted octanol–water partition coefficient (Wildman–Crippen LogP) is 7.28. The molecule has 1 nitrogen and oxygen atoms in total. The monoisotopic (exact) mass is 358 g/mol. The van der Waals surface area contributed by atoms with Crippen molar-refractivity contribution in [3.8, 4) is 0 Å². The van der Waals surface area contributed by atoms with Gasteiger partial charge in [0, 0.05) is 12.0 Å². The van der Waals surface area contributed by atoms with Gasteiger partial charge in [0.15, 0.2) is 0 Å². The fraction of sp³-hybridized carbons (Fsp3) is 0.760. The fourth-order valence-corrected chi connectivity index (χ4v) is 4.70. The minimum atomic E-state index is 1.29. The highest BCUT2D eigenvalue weighted by atomic mass is 15.4. The first-order valence-electron chi connectivity index (χ1n) is 11.7.